The molecule has 22 heavy (non-hydrogen) atoms. The molecule has 0 aliphatic heterocycles. The van der Waals surface area contributed by atoms with Crippen molar-refractivity contribution >= 4 is 11.8 Å². The molecule has 1 aromatic heterocycles. The fraction of sp³-hybridized carbons (Fsp3) is 0.250. The molecule has 0 aliphatic carbocycles. The van der Waals surface area contributed by atoms with Crippen molar-refractivity contribution in [1.82, 2.24) is 10.6 Å². The zero-order chi connectivity index (χ0) is 16.1. The van der Waals surface area contributed by atoms with Crippen LogP contribution in [0.1, 0.15) is 28.6 Å². The van der Waals surface area contributed by atoms with Gasteiger partial charge < -0.3 is 20.2 Å². The van der Waals surface area contributed by atoms with E-state index in [0.29, 0.717) is 16.9 Å². The van der Waals surface area contributed by atoms with Crippen LogP contribution in [0.4, 0.5) is 0 Å². The summed E-state index contributed by atoms with van der Waals surface area (Å²) < 4.78 is 5.11. The Balaban J connectivity index is 1.93. The van der Waals surface area contributed by atoms with Crippen LogP contribution in [0.3, 0.4) is 0 Å². The highest BCUT2D eigenvalue weighted by Crippen LogP contribution is 2.19. The fourth-order valence-electron chi connectivity index (χ4n) is 1.95. The first-order valence-corrected chi connectivity index (χ1v) is 6.88. The number of carbonyl (C=O) groups is 2. The molecule has 0 radical (unpaired) electrons. The SMILES string of the molecule is Cc1c(O)cccc1C(=O)NC(C)C(=O)NCc1ccco1. The number of carbonyl (C=O) groups excluding carboxylic acids is 2. The van der Waals surface area contributed by atoms with Crippen LogP contribution in [0, 0.1) is 6.92 Å². The van der Waals surface area contributed by atoms with E-state index in [2.05, 4.69) is 10.6 Å². The van der Waals surface area contributed by atoms with Gasteiger partial charge in [0.25, 0.3) is 5.91 Å². The summed E-state index contributed by atoms with van der Waals surface area (Å²) in [6.45, 7) is 3.50. The Labute approximate surface area is 128 Å². The molecule has 0 saturated carbocycles. The zero-order valence-electron chi connectivity index (χ0n) is 12.4. The molecule has 2 rings (SSSR count). The van der Waals surface area contributed by atoms with Crippen LogP contribution in [-0.2, 0) is 11.3 Å². The van der Waals surface area contributed by atoms with Gasteiger partial charge in [0.05, 0.1) is 12.8 Å². The number of phenolic OH excluding ortho intramolecular Hbond substituents is 1. The second-order valence-corrected chi connectivity index (χ2v) is 4.94. The number of hydrogen-bond donors (Lipinski definition) is 3. The first kappa shape index (κ1) is 15.6. The quantitative estimate of drug-likeness (QED) is 0.784. The molecule has 6 nitrogen and oxygen atoms in total. The zero-order valence-corrected chi connectivity index (χ0v) is 12.4. The lowest BCUT2D eigenvalue weighted by molar-refractivity contribution is -0.122. The minimum atomic E-state index is -0.704. The lowest BCUT2D eigenvalue weighted by Crippen LogP contribution is -2.44. The topological polar surface area (TPSA) is 91.6 Å². The van der Waals surface area contributed by atoms with Crippen molar-refractivity contribution in [3.63, 3.8) is 0 Å². The monoisotopic (exact) mass is 302 g/mol. The van der Waals surface area contributed by atoms with Gasteiger partial charge in [-0.3, -0.25) is 9.59 Å². The van der Waals surface area contributed by atoms with Crippen LogP contribution in [-0.4, -0.2) is 23.0 Å². The summed E-state index contributed by atoms with van der Waals surface area (Å²) in [5.74, 6) is -0.0464. The molecule has 1 heterocycles. The van der Waals surface area contributed by atoms with E-state index in [1.54, 1.807) is 38.1 Å². The van der Waals surface area contributed by atoms with Gasteiger partial charge in [0.2, 0.25) is 5.91 Å². The Hall–Kier alpha value is -2.76. The lowest BCUT2D eigenvalue weighted by atomic mass is 10.1. The summed E-state index contributed by atoms with van der Waals surface area (Å²) in [5, 5.41) is 14.9. The molecule has 0 bridgehead atoms. The summed E-state index contributed by atoms with van der Waals surface area (Å²) in [5.41, 5.74) is 0.814. The molecule has 1 aromatic carbocycles. The molecule has 2 aromatic rings. The van der Waals surface area contributed by atoms with Gasteiger partial charge in [-0.1, -0.05) is 6.07 Å². The second kappa shape index (κ2) is 6.80. The highest BCUT2D eigenvalue weighted by molar-refractivity contribution is 5.98. The molecule has 1 unspecified atom stereocenters. The number of rotatable bonds is 5. The minimum Gasteiger partial charge on any atom is -0.508 e. The van der Waals surface area contributed by atoms with E-state index in [1.807, 2.05) is 0 Å². The van der Waals surface area contributed by atoms with Gasteiger partial charge in [-0.2, -0.15) is 0 Å². The maximum Gasteiger partial charge on any atom is 0.252 e. The van der Waals surface area contributed by atoms with Gasteiger partial charge in [0.1, 0.15) is 17.6 Å². The third-order valence-electron chi connectivity index (χ3n) is 3.31. The Morgan fingerprint density at radius 1 is 1.27 bits per heavy atom. The predicted octanol–water partition coefficient (Wildman–Crippen LogP) is 1.73. The number of aromatic hydroxyl groups is 1. The average molecular weight is 302 g/mol. The first-order chi connectivity index (χ1) is 10.5. The van der Waals surface area contributed by atoms with Crippen LogP contribution < -0.4 is 10.6 Å². The Bertz CT molecular complexity index is 665. The first-order valence-electron chi connectivity index (χ1n) is 6.88. The number of phenols is 1. The van der Waals surface area contributed by atoms with E-state index >= 15 is 0 Å². The van der Waals surface area contributed by atoms with Crippen molar-refractivity contribution < 1.29 is 19.1 Å². The lowest BCUT2D eigenvalue weighted by Gasteiger charge is -2.15. The molecule has 1 atom stereocenters. The number of benzene rings is 1. The molecule has 3 N–H and O–H groups in total. The van der Waals surface area contributed by atoms with Crippen molar-refractivity contribution in [3.05, 3.63) is 53.5 Å². The summed E-state index contributed by atoms with van der Waals surface area (Å²) in [4.78, 5) is 24.1. The van der Waals surface area contributed by atoms with Crippen LogP contribution in [0.2, 0.25) is 0 Å². The number of hydrogen-bond acceptors (Lipinski definition) is 4. The van der Waals surface area contributed by atoms with E-state index in [9.17, 15) is 14.7 Å². The summed E-state index contributed by atoms with van der Waals surface area (Å²) in [7, 11) is 0. The van der Waals surface area contributed by atoms with Crippen molar-refractivity contribution in [2.45, 2.75) is 26.4 Å². The molecule has 0 fully saturated rings. The molecular weight excluding hydrogens is 284 g/mol. The van der Waals surface area contributed by atoms with E-state index in [0.717, 1.165) is 0 Å². The fourth-order valence-corrected chi connectivity index (χ4v) is 1.95. The third-order valence-corrected chi connectivity index (χ3v) is 3.31. The van der Waals surface area contributed by atoms with Gasteiger partial charge in [-0.15, -0.1) is 0 Å². The number of amides is 2. The van der Waals surface area contributed by atoms with Gasteiger partial charge in [-0.05, 0) is 38.1 Å². The molecule has 0 spiro atoms. The van der Waals surface area contributed by atoms with Gasteiger partial charge in [0.15, 0.2) is 0 Å². The normalized spacial score (nSPS) is 11.7. The summed E-state index contributed by atoms with van der Waals surface area (Å²) in [6.07, 6.45) is 1.53. The van der Waals surface area contributed by atoms with Gasteiger partial charge >= 0.3 is 0 Å². The van der Waals surface area contributed by atoms with Crippen molar-refractivity contribution in [2.75, 3.05) is 0 Å². The van der Waals surface area contributed by atoms with Crippen molar-refractivity contribution in [1.29, 1.82) is 0 Å². The number of furan rings is 1. The smallest absolute Gasteiger partial charge is 0.252 e. The van der Waals surface area contributed by atoms with Crippen LogP contribution in [0.25, 0.3) is 0 Å². The van der Waals surface area contributed by atoms with E-state index in [4.69, 9.17) is 4.42 Å². The van der Waals surface area contributed by atoms with Gasteiger partial charge in [-0.25, -0.2) is 0 Å². The van der Waals surface area contributed by atoms with Crippen LogP contribution >= 0.6 is 0 Å². The molecule has 0 aliphatic rings. The molecule has 0 saturated heterocycles. The maximum atomic E-state index is 12.1. The predicted molar refractivity (Wildman–Crippen MR) is 80.3 cm³/mol. The summed E-state index contributed by atoms with van der Waals surface area (Å²) in [6, 6.07) is 7.46. The Morgan fingerprint density at radius 2 is 2.05 bits per heavy atom. The van der Waals surface area contributed by atoms with E-state index in [-0.39, 0.29) is 18.2 Å². The Kier molecular flexibility index (Phi) is 4.83. The third kappa shape index (κ3) is 3.66. The minimum absolute atomic E-state index is 0.0440. The summed E-state index contributed by atoms with van der Waals surface area (Å²) >= 11 is 0. The second-order valence-electron chi connectivity index (χ2n) is 4.94. The van der Waals surface area contributed by atoms with Gasteiger partial charge in [0, 0.05) is 11.1 Å². The average Bonchev–Trinajstić information content (AvgIpc) is 3.00. The van der Waals surface area contributed by atoms with Crippen molar-refractivity contribution in [3.8, 4) is 5.75 Å². The van der Waals surface area contributed by atoms with E-state index < -0.39 is 11.9 Å². The Morgan fingerprint density at radius 3 is 2.73 bits per heavy atom. The van der Waals surface area contributed by atoms with Crippen molar-refractivity contribution in [2.24, 2.45) is 0 Å². The van der Waals surface area contributed by atoms with Crippen LogP contribution in [0.5, 0.6) is 5.75 Å². The molecule has 2 amide bonds. The maximum absolute atomic E-state index is 12.1. The highest BCUT2D eigenvalue weighted by Gasteiger charge is 2.18. The standard InChI is InChI=1S/C16H18N2O4/c1-10-13(6-3-7-14(10)19)16(21)18-11(2)15(20)17-9-12-5-4-8-22-12/h3-8,11,19H,9H2,1-2H3,(H,17,20)(H,18,21). The largest absolute Gasteiger partial charge is 0.508 e. The molecule has 6 heteroatoms. The molecule has 116 valence electrons. The van der Waals surface area contributed by atoms with Crippen LogP contribution in [0.15, 0.2) is 41.0 Å². The highest BCUT2D eigenvalue weighted by atomic mass is 16.3. The van der Waals surface area contributed by atoms with E-state index in [1.165, 1.54) is 12.3 Å². The number of nitrogens with one attached hydrogen (secondary N) is 2. The molecular formula is C16H18N2O4.